The van der Waals surface area contributed by atoms with E-state index in [-0.39, 0.29) is 31.4 Å². The van der Waals surface area contributed by atoms with Crippen LogP contribution in [0.25, 0.3) is 11.2 Å². The highest BCUT2D eigenvalue weighted by Gasteiger charge is 2.44. The van der Waals surface area contributed by atoms with Crippen molar-refractivity contribution in [2.75, 3.05) is 39.4 Å². The summed E-state index contributed by atoms with van der Waals surface area (Å²) < 4.78 is 39.4. The maximum Gasteiger partial charge on any atom is 0.256 e. The van der Waals surface area contributed by atoms with Gasteiger partial charge in [-0.1, -0.05) is 72.8 Å². The summed E-state index contributed by atoms with van der Waals surface area (Å²) in [6.45, 7) is -0.899. The van der Waals surface area contributed by atoms with Gasteiger partial charge in [0.05, 0.1) is 52.4 Å². The maximum atomic E-state index is 13.0. The van der Waals surface area contributed by atoms with Crippen molar-refractivity contribution in [1.82, 2.24) is 19.5 Å². The molecule has 0 saturated carbocycles. The highest BCUT2D eigenvalue weighted by molar-refractivity contribution is 8.09. The van der Waals surface area contributed by atoms with Crippen molar-refractivity contribution in [3.63, 3.8) is 0 Å². The van der Waals surface area contributed by atoms with Crippen molar-refractivity contribution < 1.29 is 32.8 Å². The van der Waals surface area contributed by atoms with E-state index in [1.807, 2.05) is 84.9 Å². The summed E-state index contributed by atoms with van der Waals surface area (Å²) in [5.41, 5.74) is 2.80. The molecular weight excluding hydrogens is 764 g/mol. The van der Waals surface area contributed by atoms with Crippen molar-refractivity contribution in [3.05, 3.63) is 144 Å². The molecule has 6 aromatic rings. The van der Waals surface area contributed by atoms with Gasteiger partial charge in [0.1, 0.15) is 35.8 Å². The number of ether oxygens (including phenoxy) is 4. The van der Waals surface area contributed by atoms with Crippen LogP contribution in [0.1, 0.15) is 46.1 Å². The number of fused-ring (bicyclic) bond motifs is 1. The number of carbonyl (C=O) groups is 1. The molecule has 7 rings (SSSR count). The minimum atomic E-state index is -2.85. The van der Waals surface area contributed by atoms with E-state index in [2.05, 4.69) is 26.3 Å². The molecule has 0 bridgehead atoms. The molecule has 1 amide bonds. The molecule has 0 unspecified atom stereocenters. The molecule has 1 N–H and O–H groups in total. The summed E-state index contributed by atoms with van der Waals surface area (Å²) >= 11 is 5.85. The average molecular weight is 805 g/mol. The van der Waals surface area contributed by atoms with Gasteiger partial charge in [-0.2, -0.15) is 5.26 Å². The topological polar surface area (TPSA) is 152 Å². The fraction of sp³-hybridized carbons (Fsp3) is 0.262. The van der Waals surface area contributed by atoms with Crippen LogP contribution in [0.5, 0.6) is 11.5 Å². The first kappa shape index (κ1) is 39.7. The molecule has 2 aromatic heterocycles. The molecular formula is C42H41N6O7PS. The standard InChI is InChI=1S/C42H41N6O7PS/c1-50-33-19-15-31(16-20-33)42(30-13-8-5-9-14-30,32-17-21-34(51-2)22-18-32)52-26-36-35(55-56(3,57)53-24-10-23-43)25-37(54-36)48-28-46-38-39(44-27-45-40(38)48)47-41(49)29-11-6-4-7-12-29/h4-9,11-22,27-28,35-37H,10,24-26H2,1-3H3,(H,44,45,47,49)/t35-,36+,37+,56+/m0/s1. The van der Waals surface area contributed by atoms with Crippen molar-refractivity contribution in [2.24, 2.45) is 0 Å². The van der Waals surface area contributed by atoms with E-state index >= 15 is 0 Å². The van der Waals surface area contributed by atoms with Crippen molar-refractivity contribution >= 4 is 41.2 Å². The van der Waals surface area contributed by atoms with Crippen LogP contribution in [0.2, 0.25) is 0 Å². The summed E-state index contributed by atoms with van der Waals surface area (Å²) in [5, 5.41) is 12.0. The number of carbonyl (C=O) groups excluding carboxylic acids is 1. The predicted molar refractivity (Wildman–Crippen MR) is 218 cm³/mol. The first-order valence-corrected chi connectivity index (χ1v) is 21.3. The van der Waals surface area contributed by atoms with Gasteiger partial charge >= 0.3 is 0 Å². The number of nitrogens with zero attached hydrogens (tertiary/aromatic N) is 5. The summed E-state index contributed by atoms with van der Waals surface area (Å²) in [6.07, 6.45) is 1.63. The largest absolute Gasteiger partial charge is 0.497 e. The lowest BCUT2D eigenvalue weighted by Crippen LogP contribution is -2.38. The number of hydrogen-bond donors (Lipinski definition) is 1. The van der Waals surface area contributed by atoms with Gasteiger partial charge in [0.2, 0.25) is 0 Å². The summed E-state index contributed by atoms with van der Waals surface area (Å²) in [4.78, 5) is 26.5. The normalized spacial score (nSPS) is 17.8. The number of aromatic nitrogens is 4. The van der Waals surface area contributed by atoms with Crippen LogP contribution in [0.15, 0.2) is 122 Å². The number of hydrogen-bond acceptors (Lipinski definition) is 12. The maximum absolute atomic E-state index is 13.0. The van der Waals surface area contributed by atoms with Crippen LogP contribution >= 0.6 is 6.49 Å². The Morgan fingerprint density at radius 2 is 1.53 bits per heavy atom. The molecule has 4 atom stereocenters. The number of nitrogens with one attached hydrogen (secondary N) is 1. The molecule has 13 nitrogen and oxygen atoms in total. The minimum Gasteiger partial charge on any atom is -0.497 e. The quantitative estimate of drug-likeness (QED) is 0.0581. The number of rotatable bonds is 16. The van der Waals surface area contributed by atoms with E-state index in [1.165, 1.54) is 6.33 Å². The zero-order chi connectivity index (χ0) is 39.8. The molecule has 292 valence electrons. The SMILES string of the molecule is COc1ccc(C(OC[C@H]2O[C@@H](n3cnc4c(NC(=O)c5ccccc5)ncnc43)C[C@@H]2O[P@](C)(=S)OCCC#N)(c2ccccc2)c2ccc(OC)cc2)cc1. The number of anilines is 1. The second-order valence-corrected chi connectivity index (χ2v) is 17.2. The first-order valence-electron chi connectivity index (χ1n) is 18.2. The molecule has 0 aliphatic carbocycles. The van der Waals surface area contributed by atoms with E-state index < -0.39 is 30.5 Å². The van der Waals surface area contributed by atoms with E-state index in [0.717, 1.165) is 16.7 Å². The van der Waals surface area contributed by atoms with Gasteiger partial charge < -0.3 is 33.3 Å². The van der Waals surface area contributed by atoms with Crippen molar-refractivity contribution in [3.8, 4) is 17.6 Å². The van der Waals surface area contributed by atoms with E-state index in [1.54, 1.807) is 56.0 Å². The molecule has 1 fully saturated rings. The molecule has 3 heterocycles. The second kappa shape index (κ2) is 17.7. The molecule has 1 saturated heterocycles. The fourth-order valence-corrected chi connectivity index (χ4v) is 8.62. The highest BCUT2D eigenvalue weighted by Crippen LogP contribution is 2.50. The van der Waals surface area contributed by atoms with Crippen LogP contribution in [0.4, 0.5) is 5.82 Å². The summed E-state index contributed by atoms with van der Waals surface area (Å²) in [5.74, 6) is 1.35. The van der Waals surface area contributed by atoms with Gasteiger partial charge in [0, 0.05) is 18.6 Å². The number of benzene rings is 4. The van der Waals surface area contributed by atoms with Crippen LogP contribution < -0.4 is 14.8 Å². The third kappa shape index (κ3) is 8.74. The molecule has 4 aromatic carbocycles. The van der Waals surface area contributed by atoms with Crippen molar-refractivity contribution in [1.29, 1.82) is 5.26 Å². The Morgan fingerprint density at radius 3 is 2.14 bits per heavy atom. The molecule has 1 aliphatic heterocycles. The highest BCUT2D eigenvalue weighted by atomic mass is 32.5. The lowest BCUT2D eigenvalue weighted by Gasteiger charge is -2.37. The van der Waals surface area contributed by atoms with Crippen LogP contribution in [-0.4, -0.2) is 71.7 Å². The fourth-order valence-electron chi connectivity index (χ4n) is 6.87. The molecule has 57 heavy (non-hydrogen) atoms. The second-order valence-electron chi connectivity index (χ2n) is 13.2. The Kier molecular flexibility index (Phi) is 12.4. The Hall–Kier alpha value is -5.52. The minimum absolute atomic E-state index is 0.0572. The number of amides is 1. The number of methoxy groups -OCH3 is 2. The Morgan fingerprint density at radius 1 is 0.912 bits per heavy atom. The van der Waals surface area contributed by atoms with Gasteiger partial charge in [-0.15, -0.1) is 0 Å². The van der Waals surface area contributed by atoms with Crippen molar-refractivity contribution in [2.45, 2.75) is 36.9 Å². The van der Waals surface area contributed by atoms with Gasteiger partial charge in [0.25, 0.3) is 5.91 Å². The third-order valence-corrected chi connectivity index (χ3v) is 11.5. The van der Waals surface area contributed by atoms with Gasteiger partial charge in [0.15, 0.2) is 23.5 Å². The van der Waals surface area contributed by atoms with E-state index in [4.69, 9.17) is 45.1 Å². The average Bonchev–Trinajstić information content (AvgIpc) is 3.86. The monoisotopic (exact) mass is 804 g/mol. The zero-order valence-corrected chi connectivity index (χ0v) is 33.3. The third-order valence-electron chi connectivity index (χ3n) is 9.62. The van der Waals surface area contributed by atoms with E-state index in [0.29, 0.717) is 34.6 Å². The summed E-state index contributed by atoms with van der Waals surface area (Å²) in [7, 11) is 3.26. The van der Waals surface area contributed by atoms with E-state index in [9.17, 15) is 4.79 Å². The Labute approximate surface area is 335 Å². The Bertz CT molecular complexity index is 2330. The molecule has 15 heteroatoms. The van der Waals surface area contributed by atoms with Gasteiger partial charge in [-0.3, -0.25) is 9.36 Å². The smallest absolute Gasteiger partial charge is 0.256 e. The van der Waals surface area contributed by atoms with Crippen LogP contribution in [0.3, 0.4) is 0 Å². The lowest BCUT2D eigenvalue weighted by atomic mass is 9.80. The number of nitriles is 1. The molecule has 0 radical (unpaired) electrons. The van der Waals surface area contributed by atoms with Gasteiger partial charge in [-0.25, -0.2) is 15.0 Å². The first-order chi connectivity index (χ1) is 27.7. The van der Waals surface area contributed by atoms with Gasteiger partial charge in [-0.05, 0) is 64.9 Å². The summed E-state index contributed by atoms with van der Waals surface area (Å²) in [6, 6.07) is 36.5. The molecule has 1 aliphatic rings. The van der Waals surface area contributed by atoms with Crippen LogP contribution in [0, 0.1) is 11.3 Å². The number of imidazole rings is 1. The predicted octanol–water partition coefficient (Wildman–Crippen LogP) is 7.65. The Balaban J connectivity index is 1.25. The molecule has 0 spiro atoms. The lowest BCUT2D eigenvalue weighted by molar-refractivity contribution is -0.0903. The van der Waals surface area contributed by atoms with Crippen LogP contribution in [-0.2, 0) is 35.9 Å². The zero-order valence-electron chi connectivity index (χ0n) is 31.6.